The number of hydrogen-bond acceptors (Lipinski definition) is 5. The highest BCUT2D eigenvalue weighted by Gasteiger charge is 2.35. The average molecular weight is 373 g/mol. The molecule has 0 saturated carbocycles. The molecule has 0 bridgehead atoms. The number of aliphatic carboxylic acids is 1. The summed E-state index contributed by atoms with van der Waals surface area (Å²) in [6.07, 6.45) is -4.33. The molecule has 2 rings (SSSR count). The number of halogens is 3. The number of nitrogens with one attached hydrogen (secondary N) is 1. The van der Waals surface area contributed by atoms with Gasteiger partial charge in [-0.15, -0.1) is 13.2 Å². The van der Waals surface area contributed by atoms with Gasteiger partial charge in [0.1, 0.15) is 11.9 Å². The number of aliphatic imine (C=N–C) groups is 1. The number of rotatable bonds is 4. The summed E-state index contributed by atoms with van der Waals surface area (Å²) < 4.78 is 40.1. The van der Waals surface area contributed by atoms with Gasteiger partial charge in [0, 0.05) is 18.7 Å². The third kappa shape index (κ3) is 5.21. The van der Waals surface area contributed by atoms with E-state index in [2.05, 4.69) is 15.0 Å². The molecule has 1 aliphatic rings. The van der Waals surface area contributed by atoms with Crippen LogP contribution in [0.5, 0.6) is 5.75 Å². The Bertz CT molecular complexity index is 716. The fourth-order valence-corrected chi connectivity index (χ4v) is 2.52. The number of carbonyl (C=O) groups is 2. The fraction of sp³-hybridized carbons (Fsp3) is 0.400. The van der Waals surface area contributed by atoms with Crippen LogP contribution in [0.2, 0.25) is 0 Å². The van der Waals surface area contributed by atoms with Crippen molar-refractivity contribution >= 4 is 23.8 Å². The number of ether oxygens (including phenoxy) is 1. The monoisotopic (exact) mass is 373 g/mol. The molecule has 1 saturated heterocycles. The van der Waals surface area contributed by atoms with Crippen molar-refractivity contribution in [2.75, 3.05) is 11.9 Å². The van der Waals surface area contributed by atoms with Crippen LogP contribution in [-0.4, -0.2) is 47.2 Å². The van der Waals surface area contributed by atoms with E-state index in [1.807, 2.05) is 0 Å². The van der Waals surface area contributed by atoms with Gasteiger partial charge in [-0.2, -0.15) is 4.99 Å². The zero-order valence-corrected chi connectivity index (χ0v) is 13.2. The molecule has 2 unspecified atom stereocenters. The van der Waals surface area contributed by atoms with Gasteiger partial charge < -0.3 is 20.1 Å². The molecule has 0 aromatic heterocycles. The topological polar surface area (TPSA) is 108 Å². The van der Waals surface area contributed by atoms with Gasteiger partial charge in [-0.1, -0.05) is 0 Å². The lowest BCUT2D eigenvalue weighted by Crippen LogP contribution is -2.48. The van der Waals surface area contributed by atoms with E-state index in [1.54, 1.807) is 0 Å². The molecule has 140 valence electrons. The lowest BCUT2D eigenvalue weighted by molar-refractivity contribution is -0.274. The van der Waals surface area contributed by atoms with Crippen molar-refractivity contribution in [3.8, 4) is 5.75 Å². The van der Waals surface area contributed by atoms with Crippen molar-refractivity contribution in [1.82, 2.24) is 4.90 Å². The normalized spacial score (nSPS) is 20.0. The molecule has 1 aromatic carbocycles. The van der Waals surface area contributed by atoms with E-state index >= 15 is 0 Å². The smallest absolute Gasteiger partial charge is 0.481 e. The van der Waals surface area contributed by atoms with E-state index in [9.17, 15) is 27.6 Å². The molecule has 0 aliphatic carbocycles. The number of anilines is 1. The van der Waals surface area contributed by atoms with Crippen molar-refractivity contribution in [2.45, 2.75) is 25.4 Å². The molecule has 1 fully saturated rings. The van der Waals surface area contributed by atoms with Crippen molar-refractivity contribution in [3.63, 3.8) is 0 Å². The molecule has 2 atom stereocenters. The van der Waals surface area contributed by atoms with Gasteiger partial charge in [-0.05, 0) is 30.7 Å². The third-order valence-electron chi connectivity index (χ3n) is 3.72. The minimum Gasteiger partial charge on any atom is -0.481 e. The van der Waals surface area contributed by atoms with Gasteiger partial charge in [-0.25, -0.2) is 9.59 Å². The minimum absolute atomic E-state index is 0.0314. The standard InChI is InChI=1S/C15H14F3N3O5/c16-15(17,18)26-11-3-1-10(2-4-11)20-14(25)21-6-5-9(13(23)24)7-12(21)19-8-22/h1-4,9,12H,5-7H2,(H,20,25)(H,23,24). The van der Waals surface area contributed by atoms with Crippen LogP contribution in [0.3, 0.4) is 0 Å². The van der Waals surface area contributed by atoms with E-state index in [0.717, 1.165) is 12.1 Å². The average Bonchev–Trinajstić information content (AvgIpc) is 2.55. The number of nitrogens with zero attached hydrogens (tertiary/aromatic N) is 2. The third-order valence-corrected chi connectivity index (χ3v) is 3.72. The summed E-state index contributed by atoms with van der Waals surface area (Å²) in [5.41, 5.74) is 0.193. The highest BCUT2D eigenvalue weighted by atomic mass is 19.4. The quantitative estimate of drug-likeness (QED) is 0.623. The Morgan fingerprint density at radius 1 is 1.31 bits per heavy atom. The maximum Gasteiger partial charge on any atom is 0.573 e. The van der Waals surface area contributed by atoms with Crippen LogP contribution in [0.1, 0.15) is 12.8 Å². The number of alkyl halides is 3. The molecular weight excluding hydrogens is 359 g/mol. The molecule has 1 aliphatic heterocycles. The molecule has 0 spiro atoms. The van der Waals surface area contributed by atoms with Gasteiger partial charge >= 0.3 is 18.4 Å². The Morgan fingerprint density at radius 3 is 2.50 bits per heavy atom. The lowest BCUT2D eigenvalue weighted by atomic mass is 9.95. The van der Waals surface area contributed by atoms with Gasteiger partial charge in [0.15, 0.2) is 0 Å². The van der Waals surface area contributed by atoms with Crippen molar-refractivity contribution in [3.05, 3.63) is 24.3 Å². The summed E-state index contributed by atoms with van der Waals surface area (Å²) >= 11 is 0. The number of carboxylic acids is 1. The van der Waals surface area contributed by atoms with E-state index < -0.39 is 36.2 Å². The number of carboxylic acid groups (broad SMARTS) is 1. The highest BCUT2D eigenvalue weighted by molar-refractivity contribution is 5.89. The van der Waals surface area contributed by atoms with Crippen LogP contribution in [0.25, 0.3) is 0 Å². The fourth-order valence-electron chi connectivity index (χ4n) is 2.52. The van der Waals surface area contributed by atoms with Crippen LogP contribution in [0.15, 0.2) is 29.3 Å². The zero-order valence-electron chi connectivity index (χ0n) is 13.2. The van der Waals surface area contributed by atoms with Crippen molar-refractivity contribution in [1.29, 1.82) is 0 Å². The first-order chi connectivity index (χ1) is 12.2. The van der Waals surface area contributed by atoms with Gasteiger partial charge in [0.05, 0.1) is 5.92 Å². The Balaban J connectivity index is 2.04. The SMILES string of the molecule is O=C=NC1CC(C(=O)O)CCN1C(=O)Nc1ccc(OC(F)(F)F)cc1. The molecule has 0 radical (unpaired) electrons. The molecule has 11 heteroatoms. The van der Waals surface area contributed by atoms with Crippen molar-refractivity contribution < 1.29 is 37.4 Å². The van der Waals surface area contributed by atoms with Crippen LogP contribution < -0.4 is 10.1 Å². The summed E-state index contributed by atoms with van der Waals surface area (Å²) in [5, 5.41) is 11.5. The molecule has 1 aromatic rings. The number of hydrogen-bond donors (Lipinski definition) is 2. The van der Waals surface area contributed by atoms with Crippen LogP contribution >= 0.6 is 0 Å². The van der Waals surface area contributed by atoms with Crippen LogP contribution in [0, 0.1) is 5.92 Å². The second-order valence-electron chi connectivity index (χ2n) is 5.46. The first-order valence-corrected chi connectivity index (χ1v) is 7.43. The Hall–Kier alpha value is -3.07. The molecular formula is C15H14F3N3O5. The Kier molecular flexibility index (Phi) is 5.83. The zero-order chi connectivity index (χ0) is 19.3. The van der Waals surface area contributed by atoms with Crippen LogP contribution in [-0.2, 0) is 9.59 Å². The number of amides is 2. The number of urea groups is 1. The van der Waals surface area contributed by atoms with E-state index in [0.29, 0.717) is 0 Å². The first kappa shape index (κ1) is 19.3. The largest absolute Gasteiger partial charge is 0.573 e. The van der Waals surface area contributed by atoms with Crippen LogP contribution in [0.4, 0.5) is 23.7 Å². The second kappa shape index (κ2) is 7.87. The molecule has 8 nitrogen and oxygen atoms in total. The second-order valence-corrected chi connectivity index (χ2v) is 5.46. The predicted molar refractivity (Wildman–Crippen MR) is 81.1 cm³/mol. The summed E-state index contributed by atoms with van der Waals surface area (Å²) in [6, 6.07) is 3.81. The predicted octanol–water partition coefficient (Wildman–Crippen LogP) is 2.58. The molecule has 1 heterocycles. The maximum atomic E-state index is 12.3. The van der Waals surface area contributed by atoms with E-state index in [4.69, 9.17) is 5.11 Å². The van der Waals surface area contributed by atoms with Gasteiger partial charge in [0.2, 0.25) is 6.08 Å². The summed E-state index contributed by atoms with van der Waals surface area (Å²) in [5.74, 6) is -2.22. The summed E-state index contributed by atoms with van der Waals surface area (Å²) in [4.78, 5) is 38.5. The number of piperidine rings is 1. The molecule has 26 heavy (non-hydrogen) atoms. The molecule has 2 N–H and O–H groups in total. The summed E-state index contributed by atoms with van der Waals surface area (Å²) in [6.45, 7) is 0.0495. The number of benzene rings is 1. The number of likely N-dealkylation sites (tertiary alicyclic amines) is 1. The van der Waals surface area contributed by atoms with Gasteiger partial charge in [-0.3, -0.25) is 4.79 Å². The Morgan fingerprint density at radius 2 is 1.96 bits per heavy atom. The van der Waals surface area contributed by atoms with Gasteiger partial charge in [0.25, 0.3) is 0 Å². The van der Waals surface area contributed by atoms with Crippen molar-refractivity contribution in [2.24, 2.45) is 10.9 Å². The molecule has 2 amide bonds. The van der Waals surface area contributed by atoms with E-state index in [1.165, 1.54) is 23.1 Å². The lowest BCUT2D eigenvalue weighted by Gasteiger charge is -2.34. The Labute approximate surface area is 145 Å². The minimum atomic E-state index is -4.82. The number of isocyanates is 1. The van der Waals surface area contributed by atoms with E-state index in [-0.39, 0.29) is 25.1 Å². The summed E-state index contributed by atoms with van der Waals surface area (Å²) in [7, 11) is 0. The first-order valence-electron chi connectivity index (χ1n) is 7.43. The number of carbonyl (C=O) groups excluding carboxylic acids is 2. The maximum absolute atomic E-state index is 12.3. The highest BCUT2D eigenvalue weighted by Crippen LogP contribution is 2.26.